The minimum atomic E-state index is 0.108. The number of allylic oxidation sites excluding steroid dienone is 1. The van der Waals surface area contributed by atoms with E-state index in [1.807, 2.05) is 6.08 Å². The van der Waals surface area contributed by atoms with Crippen molar-refractivity contribution in [3.8, 4) is 22.4 Å². The second-order valence-electron chi connectivity index (χ2n) is 14.1. The van der Waals surface area contributed by atoms with Gasteiger partial charge in [0.1, 0.15) is 11.2 Å². The number of aryl methyl sites for hydroxylation is 4. The third-order valence-corrected chi connectivity index (χ3v) is 11.3. The predicted molar refractivity (Wildman–Crippen MR) is 199 cm³/mol. The molecule has 0 bridgehead atoms. The van der Waals surface area contributed by atoms with Crippen LogP contribution in [0.5, 0.6) is 0 Å². The van der Waals surface area contributed by atoms with Crippen LogP contribution < -0.4 is 4.57 Å². The fraction of sp³-hybridized carbons (Fsp3) is 0.244. The molecule has 3 heteroatoms. The predicted octanol–water partition coefficient (Wildman–Crippen LogP) is 10.7. The van der Waals surface area contributed by atoms with Crippen molar-refractivity contribution in [3.63, 3.8) is 0 Å². The molecule has 48 heavy (non-hydrogen) atoms. The number of aliphatic imine (C=N–C) groups is 1. The Hall–Kier alpha value is -5.02. The van der Waals surface area contributed by atoms with Gasteiger partial charge in [0.25, 0.3) is 0 Å². The summed E-state index contributed by atoms with van der Waals surface area (Å²) in [7, 11) is 0. The third kappa shape index (κ3) is 4.55. The van der Waals surface area contributed by atoms with Crippen LogP contribution >= 0.6 is 0 Å². The van der Waals surface area contributed by atoms with Crippen LogP contribution in [0.25, 0.3) is 50.0 Å². The lowest BCUT2D eigenvalue weighted by Crippen LogP contribution is -2.39. The van der Waals surface area contributed by atoms with E-state index in [0.29, 0.717) is 5.92 Å². The molecule has 2 atom stereocenters. The van der Waals surface area contributed by atoms with Crippen molar-refractivity contribution in [2.75, 3.05) is 0 Å². The molecule has 0 spiro atoms. The van der Waals surface area contributed by atoms with Crippen molar-refractivity contribution in [1.82, 2.24) is 0 Å². The van der Waals surface area contributed by atoms with Crippen molar-refractivity contribution in [3.05, 3.63) is 143 Å². The maximum Gasteiger partial charge on any atom is 0.221 e. The monoisotopic (exact) mass is 625 g/mol. The molecule has 3 nitrogen and oxygen atoms in total. The molecule has 0 amide bonds. The zero-order chi connectivity index (χ0) is 32.5. The average Bonchev–Trinajstić information content (AvgIpc) is 3.46. The van der Waals surface area contributed by atoms with Gasteiger partial charge < -0.3 is 4.42 Å². The smallest absolute Gasteiger partial charge is 0.221 e. The first-order valence-electron chi connectivity index (χ1n) is 17.6. The number of furan rings is 1. The third-order valence-electron chi connectivity index (χ3n) is 11.3. The highest BCUT2D eigenvalue weighted by atomic mass is 16.3. The number of hydrogen-bond acceptors (Lipinski definition) is 2. The minimum Gasteiger partial charge on any atom is -0.456 e. The first-order valence-corrected chi connectivity index (χ1v) is 17.6. The Balaban J connectivity index is 1.27. The fourth-order valence-corrected chi connectivity index (χ4v) is 8.99. The summed E-state index contributed by atoms with van der Waals surface area (Å²) in [6.45, 7) is 13.3. The molecule has 6 aromatic rings. The molecule has 0 saturated carbocycles. The lowest BCUT2D eigenvalue weighted by molar-refractivity contribution is -0.572. The Morgan fingerprint density at radius 3 is 2.48 bits per heavy atom. The number of rotatable bonds is 2. The highest BCUT2D eigenvalue weighted by Crippen LogP contribution is 2.43. The number of fused-ring (bicyclic) bond motifs is 11. The molecular weight excluding hydrogens is 585 g/mol. The largest absolute Gasteiger partial charge is 0.456 e. The van der Waals surface area contributed by atoms with Gasteiger partial charge >= 0.3 is 0 Å². The first kappa shape index (κ1) is 29.1. The lowest BCUT2D eigenvalue weighted by Gasteiger charge is -2.32. The lowest BCUT2D eigenvalue weighted by atomic mass is 9.77. The van der Waals surface area contributed by atoms with Gasteiger partial charge in [0.05, 0.1) is 23.7 Å². The summed E-state index contributed by atoms with van der Waals surface area (Å²) in [5.74, 6) is 0.292. The summed E-state index contributed by atoms with van der Waals surface area (Å²) < 4.78 is 9.15. The molecule has 3 aliphatic rings. The van der Waals surface area contributed by atoms with Crippen LogP contribution in [0.3, 0.4) is 0 Å². The summed E-state index contributed by atoms with van der Waals surface area (Å²) in [6.07, 6.45) is 11.7. The standard InChI is InChI=1S/C45H41N2O/c1-5-40-35-16-9-8-15-34(35)36-19-17-31-24-43-39(37-20-18-32(25-42(37)48-43)44-27(2)11-10-12-28(44)3)26-38(31)45-33-14-7-6-13-30(33)21-22-47(45)29(4)23-41(36)46-40/h5,8-12,15-16,18,20-22,24-26,36,41H,1,4,6-7,13-14,17,19,23H2,2-3H3/q+1. The summed E-state index contributed by atoms with van der Waals surface area (Å²) in [6, 6.07) is 29.3. The number of benzene rings is 4. The van der Waals surface area contributed by atoms with Gasteiger partial charge in [-0.05, 0) is 128 Å². The Morgan fingerprint density at radius 2 is 1.62 bits per heavy atom. The number of pyridine rings is 1. The van der Waals surface area contributed by atoms with E-state index < -0.39 is 0 Å². The number of aromatic nitrogens is 1. The van der Waals surface area contributed by atoms with Crippen LogP contribution in [-0.2, 0) is 19.3 Å². The van der Waals surface area contributed by atoms with Gasteiger partial charge in [-0.2, -0.15) is 4.57 Å². The Labute approximate surface area is 283 Å². The molecule has 0 N–H and O–H groups in total. The molecular formula is C45H41N2O+. The van der Waals surface area contributed by atoms with Crippen molar-refractivity contribution in [1.29, 1.82) is 0 Å². The van der Waals surface area contributed by atoms with Gasteiger partial charge in [0.15, 0.2) is 11.9 Å². The highest BCUT2D eigenvalue weighted by Gasteiger charge is 2.36. The minimum absolute atomic E-state index is 0.108. The van der Waals surface area contributed by atoms with Crippen molar-refractivity contribution in [2.45, 2.75) is 70.8 Å². The molecule has 2 aromatic heterocycles. The SMILES string of the molecule is C=CC1=NC2CC(=C)[n+]3ccc4c(c3-c3cc5c(cc3CCC2c2ccccc21)oc1cc(-c2c(C)cccc2C)ccc15)CCCC4. The molecule has 2 aliphatic heterocycles. The van der Waals surface area contributed by atoms with E-state index in [4.69, 9.17) is 16.0 Å². The molecule has 9 rings (SSSR count). The Kier molecular flexibility index (Phi) is 6.86. The highest BCUT2D eigenvalue weighted by molar-refractivity contribution is 6.10. The second kappa shape index (κ2) is 11.3. The molecule has 2 unspecified atom stereocenters. The van der Waals surface area contributed by atoms with Gasteiger partial charge in [-0.15, -0.1) is 0 Å². The van der Waals surface area contributed by atoms with Crippen molar-refractivity contribution < 1.29 is 8.98 Å². The summed E-state index contributed by atoms with van der Waals surface area (Å²) in [5.41, 5.74) is 18.6. The topological polar surface area (TPSA) is 29.4 Å². The Bertz CT molecular complexity index is 2330. The quantitative estimate of drug-likeness (QED) is 0.176. The summed E-state index contributed by atoms with van der Waals surface area (Å²) in [4.78, 5) is 5.33. The van der Waals surface area contributed by atoms with Crippen LogP contribution in [0, 0.1) is 13.8 Å². The normalized spacial score (nSPS) is 18.7. The number of hydrogen-bond donors (Lipinski definition) is 0. The zero-order valence-electron chi connectivity index (χ0n) is 28.0. The first-order chi connectivity index (χ1) is 23.5. The van der Waals surface area contributed by atoms with Gasteiger partial charge in [-0.3, -0.25) is 4.99 Å². The zero-order valence-corrected chi connectivity index (χ0v) is 28.0. The summed E-state index contributed by atoms with van der Waals surface area (Å²) >= 11 is 0. The van der Waals surface area contributed by atoms with Crippen molar-refractivity contribution >= 4 is 33.3 Å². The van der Waals surface area contributed by atoms with E-state index in [2.05, 4.69) is 110 Å². The molecule has 4 heterocycles. The second-order valence-corrected chi connectivity index (χ2v) is 14.1. The van der Waals surface area contributed by atoms with Gasteiger partial charge in [-0.1, -0.05) is 55.1 Å². The molecule has 0 saturated heterocycles. The van der Waals surface area contributed by atoms with Crippen LogP contribution in [0.15, 0.2) is 114 Å². The fourth-order valence-electron chi connectivity index (χ4n) is 8.99. The maximum atomic E-state index is 6.74. The molecule has 236 valence electrons. The van der Waals surface area contributed by atoms with Gasteiger partial charge in [-0.25, -0.2) is 0 Å². The maximum absolute atomic E-state index is 6.74. The summed E-state index contributed by atoms with van der Waals surface area (Å²) in [5, 5.41) is 2.35. The van der Waals surface area contributed by atoms with Crippen LogP contribution in [0.4, 0.5) is 0 Å². The van der Waals surface area contributed by atoms with Crippen LogP contribution in [-0.4, -0.2) is 11.8 Å². The molecule has 1 aliphatic carbocycles. The van der Waals surface area contributed by atoms with E-state index in [9.17, 15) is 0 Å². The van der Waals surface area contributed by atoms with Gasteiger partial charge in [0.2, 0.25) is 5.69 Å². The average molecular weight is 626 g/mol. The van der Waals surface area contributed by atoms with E-state index >= 15 is 0 Å². The van der Waals surface area contributed by atoms with Crippen LogP contribution in [0.2, 0.25) is 0 Å². The van der Waals surface area contributed by atoms with Crippen molar-refractivity contribution in [2.24, 2.45) is 4.99 Å². The van der Waals surface area contributed by atoms with Gasteiger partial charge in [0, 0.05) is 33.9 Å². The van der Waals surface area contributed by atoms with Crippen LogP contribution in [0.1, 0.15) is 70.5 Å². The van der Waals surface area contributed by atoms with E-state index in [1.165, 1.54) is 84.9 Å². The van der Waals surface area contributed by atoms with E-state index in [0.717, 1.165) is 54.7 Å². The van der Waals surface area contributed by atoms with E-state index in [-0.39, 0.29) is 6.04 Å². The Morgan fingerprint density at radius 1 is 0.812 bits per heavy atom. The molecule has 0 radical (unpaired) electrons. The molecule has 4 aromatic carbocycles. The number of nitrogens with zero attached hydrogens (tertiary/aromatic N) is 2. The van der Waals surface area contributed by atoms with E-state index in [1.54, 1.807) is 0 Å². The molecule has 0 fully saturated rings.